The van der Waals surface area contributed by atoms with E-state index in [0.717, 1.165) is 0 Å². The summed E-state index contributed by atoms with van der Waals surface area (Å²) < 4.78 is 2.42. The van der Waals surface area contributed by atoms with Gasteiger partial charge in [-0.05, 0) is 104 Å². The van der Waals surface area contributed by atoms with Crippen molar-refractivity contribution in [3.8, 4) is 39.1 Å². The van der Waals surface area contributed by atoms with Crippen molar-refractivity contribution in [1.29, 1.82) is 0 Å². The van der Waals surface area contributed by atoms with Crippen LogP contribution in [0.3, 0.4) is 0 Å². The minimum atomic E-state index is 1.17. The van der Waals surface area contributed by atoms with Crippen molar-refractivity contribution in [3.05, 3.63) is 164 Å². The maximum atomic E-state index is 2.42. The Bertz CT molecular complexity index is 2670. The van der Waals surface area contributed by atoms with Crippen LogP contribution in [0, 0.1) is 0 Å². The highest BCUT2D eigenvalue weighted by Crippen LogP contribution is 2.49. The molecular formula is C44H27NS. The molecular weight excluding hydrogens is 575 g/mol. The molecule has 8 aromatic carbocycles. The zero-order chi connectivity index (χ0) is 30.2. The predicted octanol–water partition coefficient (Wildman–Crippen LogP) is 12.6. The molecule has 0 aliphatic carbocycles. The maximum Gasteiger partial charge on any atom is 0.0547 e. The number of hydrogen-bond acceptors (Lipinski definition) is 1. The summed E-state index contributed by atoms with van der Waals surface area (Å²) in [5.41, 5.74) is 11.2. The van der Waals surface area contributed by atoms with Crippen molar-refractivity contribution < 1.29 is 0 Å². The number of nitrogens with zero attached hydrogens (tertiary/aromatic N) is 1. The molecule has 1 nitrogen and oxygen atoms in total. The van der Waals surface area contributed by atoms with Gasteiger partial charge in [0.15, 0.2) is 0 Å². The molecule has 0 spiro atoms. The normalized spacial score (nSPS) is 12.3. The first-order chi connectivity index (χ1) is 22.8. The monoisotopic (exact) mass is 601 g/mol. The first-order valence-electron chi connectivity index (χ1n) is 15.8. The molecule has 0 fully saturated rings. The second-order valence-electron chi connectivity index (χ2n) is 12.2. The third-order valence-corrected chi connectivity index (χ3v) is 10.7. The molecule has 0 amide bonds. The van der Waals surface area contributed by atoms with Crippen LogP contribution >= 0.6 is 11.8 Å². The third kappa shape index (κ3) is 3.90. The Morgan fingerprint density at radius 2 is 1.04 bits per heavy atom. The van der Waals surface area contributed by atoms with Crippen LogP contribution in [0.4, 0.5) is 0 Å². The Balaban J connectivity index is 1.09. The van der Waals surface area contributed by atoms with Crippen LogP contribution in [0.5, 0.6) is 0 Å². The molecule has 0 saturated carbocycles. The predicted molar refractivity (Wildman–Crippen MR) is 196 cm³/mol. The number of fused-ring (bicyclic) bond motifs is 6. The number of para-hydroxylation sites is 1. The molecule has 2 heterocycles. The number of rotatable bonds is 3. The van der Waals surface area contributed by atoms with Crippen LogP contribution in [-0.4, -0.2) is 4.57 Å². The van der Waals surface area contributed by atoms with E-state index in [4.69, 9.17) is 0 Å². The van der Waals surface area contributed by atoms with Gasteiger partial charge in [0, 0.05) is 31.6 Å². The number of benzene rings is 8. The smallest absolute Gasteiger partial charge is 0.0547 e. The number of aromatic nitrogens is 1. The molecule has 1 aromatic heterocycles. The summed E-state index contributed by atoms with van der Waals surface area (Å²) in [4.78, 5) is 2.66. The lowest BCUT2D eigenvalue weighted by Gasteiger charge is -2.21. The van der Waals surface area contributed by atoms with E-state index in [1.54, 1.807) is 0 Å². The Hall–Kier alpha value is -5.57. The minimum absolute atomic E-state index is 1.17. The summed E-state index contributed by atoms with van der Waals surface area (Å²) in [5, 5.41) is 7.75. The van der Waals surface area contributed by atoms with Crippen LogP contribution in [0.15, 0.2) is 174 Å². The molecule has 10 rings (SSSR count). The maximum absolute atomic E-state index is 2.42. The average Bonchev–Trinajstić information content (AvgIpc) is 3.44. The molecule has 2 heteroatoms. The van der Waals surface area contributed by atoms with Gasteiger partial charge in [0.25, 0.3) is 0 Å². The first-order valence-corrected chi connectivity index (χ1v) is 16.6. The summed E-state index contributed by atoms with van der Waals surface area (Å²) in [6.07, 6.45) is 0. The van der Waals surface area contributed by atoms with Gasteiger partial charge in [-0.2, -0.15) is 0 Å². The molecule has 214 valence electrons. The van der Waals surface area contributed by atoms with Crippen molar-refractivity contribution in [1.82, 2.24) is 4.57 Å². The first kappa shape index (κ1) is 25.7. The van der Waals surface area contributed by atoms with Gasteiger partial charge in [-0.1, -0.05) is 121 Å². The van der Waals surface area contributed by atoms with Gasteiger partial charge in [0.1, 0.15) is 0 Å². The molecule has 46 heavy (non-hydrogen) atoms. The Morgan fingerprint density at radius 3 is 1.91 bits per heavy atom. The van der Waals surface area contributed by atoms with Gasteiger partial charge in [-0.15, -0.1) is 0 Å². The molecule has 0 unspecified atom stereocenters. The molecule has 0 radical (unpaired) electrons. The summed E-state index contributed by atoms with van der Waals surface area (Å²) in [7, 11) is 0. The van der Waals surface area contributed by atoms with E-state index in [0.29, 0.717) is 0 Å². The van der Waals surface area contributed by atoms with Gasteiger partial charge in [-0.3, -0.25) is 0 Å². The van der Waals surface area contributed by atoms with Gasteiger partial charge < -0.3 is 4.57 Å². The van der Waals surface area contributed by atoms with E-state index in [2.05, 4.69) is 168 Å². The molecule has 9 aromatic rings. The van der Waals surface area contributed by atoms with E-state index in [9.17, 15) is 0 Å². The molecule has 1 aliphatic rings. The van der Waals surface area contributed by atoms with Crippen molar-refractivity contribution in [2.24, 2.45) is 0 Å². The Kier molecular flexibility index (Phi) is 5.58. The molecule has 0 saturated heterocycles. The van der Waals surface area contributed by atoms with E-state index in [-0.39, 0.29) is 0 Å². The standard InChI is InChI=1S/C44H27NS/c1-2-10-33-27-41-38(25-32(33)9-1)36-17-3-4-19-40(36)45(41)35-16-6-15-31(24-35)29-13-5-14-30(23-29)34-21-22-42-39(26-34)37-18-7-11-28-12-8-20-43(46-42)44(28)37/h1-27H. The van der Waals surface area contributed by atoms with Crippen molar-refractivity contribution >= 4 is 55.1 Å². The van der Waals surface area contributed by atoms with E-state index >= 15 is 0 Å². The largest absolute Gasteiger partial charge is 0.309 e. The van der Waals surface area contributed by atoms with Crippen LogP contribution in [-0.2, 0) is 0 Å². The van der Waals surface area contributed by atoms with Gasteiger partial charge in [-0.25, -0.2) is 0 Å². The SMILES string of the molecule is c1cc(-c2cccc(-n3c4ccccc4c4cc5ccccc5cc43)c2)cc(-c2ccc3c(c2)-c2cccc4cccc(c24)S3)c1. The van der Waals surface area contributed by atoms with Crippen LogP contribution < -0.4 is 0 Å². The summed E-state index contributed by atoms with van der Waals surface area (Å²) >= 11 is 1.88. The molecule has 0 atom stereocenters. The van der Waals surface area contributed by atoms with Crippen molar-refractivity contribution in [2.45, 2.75) is 9.79 Å². The van der Waals surface area contributed by atoms with E-state index in [1.165, 1.54) is 92.2 Å². The van der Waals surface area contributed by atoms with Crippen LogP contribution in [0.25, 0.3) is 82.4 Å². The highest BCUT2D eigenvalue weighted by atomic mass is 32.2. The highest BCUT2D eigenvalue weighted by Gasteiger charge is 2.20. The highest BCUT2D eigenvalue weighted by molar-refractivity contribution is 7.99. The average molecular weight is 602 g/mol. The van der Waals surface area contributed by atoms with Gasteiger partial charge in [0.2, 0.25) is 0 Å². The molecule has 0 N–H and O–H groups in total. The topological polar surface area (TPSA) is 4.93 Å². The zero-order valence-electron chi connectivity index (χ0n) is 24.9. The minimum Gasteiger partial charge on any atom is -0.309 e. The van der Waals surface area contributed by atoms with Crippen molar-refractivity contribution in [2.75, 3.05) is 0 Å². The van der Waals surface area contributed by atoms with E-state index in [1.807, 2.05) is 11.8 Å². The third-order valence-electron chi connectivity index (χ3n) is 9.53. The second kappa shape index (κ2) is 9.97. The Morgan fingerprint density at radius 1 is 0.370 bits per heavy atom. The van der Waals surface area contributed by atoms with Gasteiger partial charge >= 0.3 is 0 Å². The van der Waals surface area contributed by atoms with Crippen molar-refractivity contribution in [3.63, 3.8) is 0 Å². The lowest BCUT2D eigenvalue weighted by molar-refractivity contribution is 1.18. The lowest BCUT2D eigenvalue weighted by atomic mass is 9.93. The fraction of sp³-hybridized carbons (Fsp3) is 0. The summed E-state index contributed by atoms with van der Waals surface area (Å²) in [5.74, 6) is 0. The number of hydrogen-bond donors (Lipinski definition) is 0. The van der Waals surface area contributed by atoms with Gasteiger partial charge in [0.05, 0.1) is 11.0 Å². The zero-order valence-corrected chi connectivity index (χ0v) is 25.8. The molecule has 1 aliphatic heterocycles. The summed E-state index contributed by atoms with van der Waals surface area (Å²) in [6.45, 7) is 0. The quantitative estimate of drug-likeness (QED) is 0.195. The van der Waals surface area contributed by atoms with Crippen LogP contribution in [0.2, 0.25) is 0 Å². The lowest BCUT2D eigenvalue weighted by Crippen LogP contribution is -1.94. The van der Waals surface area contributed by atoms with E-state index < -0.39 is 0 Å². The second-order valence-corrected chi connectivity index (χ2v) is 13.3. The fourth-order valence-electron chi connectivity index (χ4n) is 7.38. The molecule has 0 bridgehead atoms. The van der Waals surface area contributed by atoms with Crippen LogP contribution in [0.1, 0.15) is 0 Å². The Labute approximate surface area is 271 Å². The summed E-state index contributed by atoms with van der Waals surface area (Å²) in [6, 6.07) is 60.3. The fourth-order valence-corrected chi connectivity index (χ4v) is 8.51.